The Kier molecular flexibility index (Phi) is 4.43. The lowest BCUT2D eigenvalue weighted by molar-refractivity contribution is -0.385. The zero-order valence-electron chi connectivity index (χ0n) is 10.9. The van der Waals surface area contributed by atoms with Crippen LogP contribution in [-0.2, 0) is 0 Å². The number of ether oxygens (including phenoxy) is 1. The van der Waals surface area contributed by atoms with Gasteiger partial charge in [-0.3, -0.25) is 15.1 Å². The Morgan fingerprint density at radius 2 is 2.30 bits per heavy atom. The summed E-state index contributed by atoms with van der Waals surface area (Å²) in [5.41, 5.74) is 0.586. The first-order chi connectivity index (χ1) is 9.66. The average molecular weight is 274 g/mol. The maximum atomic E-state index is 10.7. The second-order valence-corrected chi connectivity index (χ2v) is 4.08. The summed E-state index contributed by atoms with van der Waals surface area (Å²) >= 11 is 0. The monoisotopic (exact) mass is 274 g/mol. The molecule has 2 rings (SSSR count). The van der Waals surface area contributed by atoms with Gasteiger partial charge in [-0.05, 0) is 25.1 Å². The minimum atomic E-state index is -0.447. The highest BCUT2D eigenvalue weighted by Gasteiger charge is 2.10. The number of anilines is 1. The highest BCUT2D eigenvalue weighted by atomic mass is 16.6. The first-order valence-electron chi connectivity index (χ1n) is 6.04. The van der Waals surface area contributed by atoms with Gasteiger partial charge in [0.15, 0.2) is 0 Å². The number of nitro groups is 1. The van der Waals surface area contributed by atoms with Gasteiger partial charge in [0, 0.05) is 11.8 Å². The van der Waals surface area contributed by atoms with Crippen LogP contribution in [0.4, 0.5) is 11.5 Å². The Morgan fingerprint density at radius 1 is 1.45 bits per heavy atom. The van der Waals surface area contributed by atoms with Crippen molar-refractivity contribution in [3.8, 4) is 5.75 Å². The van der Waals surface area contributed by atoms with Gasteiger partial charge < -0.3 is 10.1 Å². The molecule has 0 bridgehead atoms. The van der Waals surface area contributed by atoms with Crippen LogP contribution in [0.1, 0.15) is 5.56 Å². The predicted molar refractivity (Wildman–Crippen MR) is 73.9 cm³/mol. The maximum absolute atomic E-state index is 10.7. The van der Waals surface area contributed by atoms with E-state index in [0.717, 1.165) is 0 Å². The van der Waals surface area contributed by atoms with Gasteiger partial charge in [0.25, 0.3) is 5.69 Å². The van der Waals surface area contributed by atoms with Gasteiger partial charge in [0.1, 0.15) is 24.4 Å². The van der Waals surface area contributed by atoms with E-state index in [1.807, 2.05) is 6.07 Å². The highest BCUT2D eigenvalue weighted by Crippen LogP contribution is 2.18. The van der Waals surface area contributed by atoms with E-state index in [-0.39, 0.29) is 5.69 Å². The quantitative estimate of drug-likeness (QED) is 0.493. The van der Waals surface area contributed by atoms with E-state index in [2.05, 4.69) is 15.3 Å². The van der Waals surface area contributed by atoms with Gasteiger partial charge in [0.05, 0.1) is 17.7 Å². The largest absolute Gasteiger partial charge is 0.490 e. The number of aryl methyl sites for hydroxylation is 1. The standard InChI is InChI=1S/C13H14N4O3/c1-10-7-13(16-9-12(10)17(18)19)15-5-6-20-11-3-2-4-14-8-11/h2-4,7-9H,5-6H2,1H3,(H,15,16). The zero-order valence-corrected chi connectivity index (χ0v) is 10.9. The molecule has 7 heteroatoms. The minimum absolute atomic E-state index is 0.0159. The molecule has 2 aromatic rings. The predicted octanol–water partition coefficient (Wildman–Crippen LogP) is 2.18. The van der Waals surface area contributed by atoms with Crippen LogP contribution in [0.5, 0.6) is 5.75 Å². The summed E-state index contributed by atoms with van der Waals surface area (Å²) in [6.07, 6.45) is 4.56. The number of nitrogens with one attached hydrogen (secondary N) is 1. The Labute approximate surface area is 115 Å². The molecule has 2 aromatic heterocycles. The zero-order chi connectivity index (χ0) is 14.4. The first kappa shape index (κ1) is 13.7. The third-order valence-electron chi connectivity index (χ3n) is 2.59. The normalized spacial score (nSPS) is 10.1. The van der Waals surface area contributed by atoms with Crippen molar-refractivity contribution < 1.29 is 9.66 Å². The number of nitrogens with zero attached hydrogens (tertiary/aromatic N) is 3. The molecule has 20 heavy (non-hydrogen) atoms. The van der Waals surface area contributed by atoms with Crippen molar-refractivity contribution in [2.24, 2.45) is 0 Å². The van der Waals surface area contributed by atoms with Crippen LogP contribution in [0.3, 0.4) is 0 Å². The third-order valence-corrected chi connectivity index (χ3v) is 2.59. The molecule has 0 aliphatic heterocycles. The molecule has 0 spiro atoms. The smallest absolute Gasteiger partial charge is 0.290 e. The van der Waals surface area contributed by atoms with Crippen LogP contribution >= 0.6 is 0 Å². The van der Waals surface area contributed by atoms with E-state index in [1.165, 1.54) is 6.20 Å². The SMILES string of the molecule is Cc1cc(NCCOc2cccnc2)ncc1[N+](=O)[O-]. The van der Waals surface area contributed by atoms with Gasteiger partial charge in [-0.15, -0.1) is 0 Å². The first-order valence-corrected chi connectivity index (χ1v) is 6.04. The van der Waals surface area contributed by atoms with Crippen molar-refractivity contribution in [1.82, 2.24) is 9.97 Å². The van der Waals surface area contributed by atoms with Gasteiger partial charge >= 0.3 is 0 Å². The summed E-state index contributed by atoms with van der Waals surface area (Å²) in [7, 11) is 0. The lowest BCUT2D eigenvalue weighted by Gasteiger charge is -2.08. The van der Waals surface area contributed by atoms with Crippen LogP contribution in [0, 0.1) is 17.0 Å². The van der Waals surface area contributed by atoms with E-state index in [9.17, 15) is 10.1 Å². The summed E-state index contributed by atoms with van der Waals surface area (Å²) in [5.74, 6) is 1.28. The van der Waals surface area contributed by atoms with E-state index < -0.39 is 4.92 Å². The molecule has 7 nitrogen and oxygen atoms in total. The van der Waals surface area contributed by atoms with Gasteiger partial charge in [-0.2, -0.15) is 0 Å². The van der Waals surface area contributed by atoms with Gasteiger partial charge in [0.2, 0.25) is 0 Å². The summed E-state index contributed by atoms with van der Waals surface area (Å²) in [6, 6.07) is 5.26. The Balaban J connectivity index is 1.83. The molecule has 104 valence electrons. The van der Waals surface area contributed by atoms with Crippen LogP contribution in [0.15, 0.2) is 36.8 Å². The van der Waals surface area contributed by atoms with Crippen molar-refractivity contribution in [2.75, 3.05) is 18.5 Å². The average Bonchev–Trinajstić information content (AvgIpc) is 2.44. The third kappa shape index (κ3) is 3.64. The summed E-state index contributed by atoms with van der Waals surface area (Å²) in [4.78, 5) is 18.1. The number of hydrogen-bond donors (Lipinski definition) is 1. The van der Waals surface area contributed by atoms with Crippen LogP contribution in [0.2, 0.25) is 0 Å². The minimum Gasteiger partial charge on any atom is -0.490 e. The molecule has 0 aliphatic carbocycles. The van der Waals surface area contributed by atoms with E-state index in [1.54, 1.807) is 31.5 Å². The molecule has 0 saturated heterocycles. The summed E-state index contributed by atoms with van der Waals surface area (Å²) in [6.45, 7) is 2.67. The lowest BCUT2D eigenvalue weighted by atomic mass is 10.2. The molecule has 0 radical (unpaired) electrons. The Bertz CT molecular complexity index is 589. The topological polar surface area (TPSA) is 90.2 Å². The van der Waals surface area contributed by atoms with Crippen molar-refractivity contribution in [3.05, 3.63) is 52.5 Å². The number of aromatic nitrogens is 2. The summed E-state index contributed by atoms with van der Waals surface area (Å²) in [5, 5.41) is 13.7. The fraction of sp³-hybridized carbons (Fsp3) is 0.231. The lowest BCUT2D eigenvalue weighted by Crippen LogP contribution is -2.12. The van der Waals surface area contributed by atoms with E-state index >= 15 is 0 Å². The Morgan fingerprint density at radius 3 is 2.95 bits per heavy atom. The fourth-order valence-electron chi connectivity index (χ4n) is 1.62. The Hall–Kier alpha value is -2.70. The molecule has 0 fully saturated rings. The fourth-order valence-corrected chi connectivity index (χ4v) is 1.62. The maximum Gasteiger partial charge on any atom is 0.290 e. The van der Waals surface area contributed by atoms with Crippen molar-refractivity contribution in [1.29, 1.82) is 0 Å². The molecule has 0 saturated carbocycles. The van der Waals surface area contributed by atoms with E-state index in [4.69, 9.17) is 4.74 Å². The van der Waals surface area contributed by atoms with Gasteiger partial charge in [-0.25, -0.2) is 4.98 Å². The molecular weight excluding hydrogens is 260 g/mol. The molecule has 0 aromatic carbocycles. The van der Waals surface area contributed by atoms with Gasteiger partial charge in [-0.1, -0.05) is 0 Å². The van der Waals surface area contributed by atoms with Crippen LogP contribution in [-0.4, -0.2) is 28.0 Å². The molecule has 1 N–H and O–H groups in total. The molecule has 0 amide bonds. The molecule has 0 atom stereocenters. The molecule has 0 aliphatic rings. The summed E-state index contributed by atoms with van der Waals surface area (Å²) < 4.78 is 5.46. The second-order valence-electron chi connectivity index (χ2n) is 4.08. The van der Waals surface area contributed by atoms with Crippen molar-refractivity contribution >= 4 is 11.5 Å². The number of rotatable bonds is 6. The van der Waals surface area contributed by atoms with Crippen LogP contribution < -0.4 is 10.1 Å². The highest BCUT2D eigenvalue weighted by molar-refractivity contribution is 5.46. The molecular formula is C13H14N4O3. The molecule has 2 heterocycles. The number of pyridine rings is 2. The van der Waals surface area contributed by atoms with Crippen LogP contribution in [0.25, 0.3) is 0 Å². The second kappa shape index (κ2) is 6.46. The van der Waals surface area contributed by atoms with E-state index in [0.29, 0.717) is 30.3 Å². The van der Waals surface area contributed by atoms with Crippen molar-refractivity contribution in [3.63, 3.8) is 0 Å². The van der Waals surface area contributed by atoms with Crippen molar-refractivity contribution in [2.45, 2.75) is 6.92 Å². The molecule has 0 unspecified atom stereocenters. The number of hydrogen-bond acceptors (Lipinski definition) is 6.